The second-order valence-corrected chi connectivity index (χ2v) is 3.39. The summed E-state index contributed by atoms with van der Waals surface area (Å²) >= 11 is 3.24. The fraction of sp³-hybridized carbons (Fsp3) is 0.400. The topological polar surface area (TPSA) is 0 Å². The minimum atomic E-state index is 1.26. The molecule has 0 amide bonds. The SMILES string of the molecule is CC(C)=C(C)/C=C(C)\C=C\Br. The van der Waals surface area contributed by atoms with E-state index in [1.165, 1.54) is 16.7 Å². The maximum absolute atomic E-state index is 3.24. The van der Waals surface area contributed by atoms with Crippen molar-refractivity contribution in [2.75, 3.05) is 0 Å². The molecule has 0 aromatic rings. The first kappa shape index (κ1) is 10.7. The Balaban J connectivity index is 4.44. The number of allylic oxidation sites excluding steroid dienone is 5. The maximum atomic E-state index is 3.24. The summed E-state index contributed by atoms with van der Waals surface area (Å²) in [6, 6.07) is 0. The molecule has 0 bridgehead atoms. The van der Waals surface area contributed by atoms with Gasteiger partial charge >= 0.3 is 0 Å². The first-order valence-electron chi connectivity index (χ1n) is 3.67. The Morgan fingerprint density at radius 3 is 2.00 bits per heavy atom. The molecule has 0 fully saturated rings. The highest BCUT2D eigenvalue weighted by atomic mass is 79.9. The maximum Gasteiger partial charge on any atom is -0.0186 e. The third-order valence-electron chi connectivity index (χ3n) is 1.56. The van der Waals surface area contributed by atoms with Gasteiger partial charge in [0, 0.05) is 0 Å². The highest BCUT2D eigenvalue weighted by molar-refractivity contribution is 9.11. The molecule has 0 N–H and O–H groups in total. The van der Waals surface area contributed by atoms with Gasteiger partial charge in [-0.1, -0.05) is 44.8 Å². The van der Waals surface area contributed by atoms with E-state index in [4.69, 9.17) is 0 Å². The van der Waals surface area contributed by atoms with Gasteiger partial charge in [-0.3, -0.25) is 0 Å². The number of halogens is 1. The molecule has 0 rings (SSSR count). The van der Waals surface area contributed by atoms with Crippen molar-refractivity contribution >= 4 is 15.9 Å². The lowest BCUT2D eigenvalue weighted by atomic mass is 10.1. The van der Waals surface area contributed by atoms with Crippen LogP contribution in [0.25, 0.3) is 0 Å². The van der Waals surface area contributed by atoms with Crippen molar-refractivity contribution in [2.45, 2.75) is 27.7 Å². The molecule has 0 aliphatic rings. The molecular formula is C10H15Br. The summed E-state index contributed by atoms with van der Waals surface area (Å²) in [7, 11) is 0. The van der Waals surface area contributed by atoms with Gasteiger partial charge in [-0.2, -0.15) is 0 Å². The van der Waals surface area contributed by atoms with Crippen LogP contribution < -0.4 is 0 Å². The fourth-order valence-electron chi connectivity index (χ4n) is 0.633. The van der Waals surface area contributed by atoms with E-state index in [2.05, 4.69) is 49.7 Å². The summed E-state index contributed by atoms with van der Waals surface area (Å²) in [4.78, 5) is 1.87. The van der Waals surface area contributed by atoms with Gasteiger partial charge in [-0.15, -0.1) is 0 Å². The molecular weight excluding hydrogens is 200 g/mol. The Bertz CT molecular complexity index is 203. The second-order valence-electron chi connectivity index (χ2n) is 2.86. The smallest absolute Gasteiger partial charge is 0.0186 e. The van der Waals surface area contributed by atoms with Crippen LogP contribution in [0.15, 0.2) is 33.9 Å². The normalized spacial score (nSPS) is 12.3. The molecule has 0 unspecified atom stereocenters. The Morgan fingerprint density at radius 1 is 1.09 bits per heavy atom. The van der Waals surface area contributed by atoms with Gasteiger partial charge in [0.15, 0.2) is 0 Å². The second kappa shape index (κ2) is 5.36. The number of hydrogen-bond acceptors (Lipinski definition) is 0. The molecule has 0 aromatic carbocycles. The van der Waals surface area contributed by atoms with Crippen molar-refractivity contribution in [3.8, 4) is 0 Å². The quantitative estimate of drug-likeness (QED) is 0.605. The highest BCUT2D eigenvalue weighted by Gasteiger charge is 1.86. The van der Waals surface area contributed by atoms with Crippen LogP contribution in [0.1, 0.15) is 27.7 Å². The molecule has 11 heavy (non-hydrogen) atoms. The third-order valence-corrected chi connectivity index (χ3v) is 1.82. The Labute approximate surface area is 77.8 Å². The average Bonchev–Trinajstić information content (AvgIpc) is 1.87. The molecule has 0 aliphatic carbocycles. The monoisotopic (exact) mass is 214 g/mol. The first-order chi connectivity index (χ1) is 5.07. The lowest BCUT2D eigenvalue weighted by Gasteiger charge is -1.96. The zero-order valence-corrected chi connectivity index (χ0v) is 9.20. The lowest BCUT2D eigenvalue weighted by molar-refractivity contribution is 1.28. The van der Waals surface area contributed by atoms with E-state index in [-0.39, 0.29) is 0 Å². The van der Waals surface area contributed by atoms with Crippen LogP contribution in [0, 0.1) is 0 Å². The molecule has 1 heteroatoms. The van der Waals surface area contributed by atoms with E-state index in [0.717, 1.165) is 0 Å². The van der Waals surface area contributed by atoms with E-state index in [1.807, 2.05) is 11.1 Å². The summed E-state index contributed by atoms with van der Waals surface area (Å²) in [6.07, 6.45) is 4.21. The molecule has 0 saturated carbocycles. The van der Waals surface area contributed by atoms with Crippen LogP contribution in [0.5, 0.6) is 0 Å². The van der Waals surface area contributed by atoms with Gasteiger partial charge in [0.2, 0.25) is 0 Å². The standard InChI is InChI=1S/C10H15Br/c1-8(2)10(4)7-9(3)5-6-11/h5-7H,1-4H3/b6-5+,9-7-. The van der Waals surface area contributed by atoms with Gasteiger partial charge < -0.3 is 0 Å². The minimum Gasteiger partial charge on any atom is -0.0735 e. The van der Waals surface area contributed by atoms with Crippen LogP contribution in [-0.4, -0.2) is 0 Å². The van der Waals surface area contributed by atoms with Crippen LogP contribution in [0.2, 0.25) is 0 Å². The van der Waals surface area contributed by atoms with Gasteiger partial charge in [-0.05, 0) is 32.7 Å². The zero-order valence-electron chi connectivity index (χ0n) is 7.61. The summed E-state index contributed by atoms with van der Waals surface area (Å²) < 4.78 is 0. The van der Waals surface area contributed by atoms with Gasteiger partial charge in [0.25, 0.3) is 0 Å². The van der Waals surface area contributed by atoms with Crippen molar-refractivity contribution in [1.82, 2.24) is 0 Å². The largest absolute Gasteiger partial charge is 0.0735 e. The van der Waals surface area contributed by atoms with Gasteiger partial charge in [-0.25, -0.2) is 0 Å². The molecule has 0 atom stereocenters. The van der Waals surface area contributed by atoms with Crippen molar-refractivity contribution in [3.63, 3.8) is 0 Å². The molecule has 0 heterocycles. The van der Waals surface area contributed by atoms with Crippen molar-refractivity contribution in [2.24, 2.45) is 0 Å². The van der Waals surface area contributed by atoms with E-state index in [9.17, 15) is 0 Å². The van der Waals surface area contributed by atoms with Crippen LogP contribution in [0.4, 0.5) is 0 Å². The summed E-state index contributed by atoms with van der Waals surface area (Å²) in [5.74, 6) is 0. The zero-order chi connectivity index (χ0) is 8.85. The van der Waals surface area contributed by atoms with Gasteiger partial charge in [0.1, 0.15) is 0 Å². The summed E-state index contributed by atoms with van der Waals surface area (Å²) in [5.41, 5.74) is 3.97. The van der Waals surface area contributed by atoms with Crippen LogP contribution in [-0.2, 0) is 0 Å². The van der Waals surface area contributed by atoms with E-state index in [0.29, 0.717) is 0 Å². The number of hydrogen-bond donors (Lipinski definition) is 0. The van der Waals surface area contributed by atoms with E-state index >= 15 is 0 Å². The van der Waals surface area contributed by atoms with Gasteiger partial charge in [0.05, 0.1) is 0 Å². The molecule has 0 spiro atoms. The molecule has 0 radical (unpaired) electrons. The predicted molar refractivity (Wildman–Crippen MR) is 55.9 cm³/mol. The average molecular weight is 215 g/mol. The molecule has 0 saturated heterocycles. The molecule has 0 aromatic heterocycles. The Morgan fingerprint density at radius 2 is 1.64 bits per heavy atom. The van der Waals surface area contributed by atoms with Crippen molar-refractivity contribution in [1.29, 1.82) is 0 Å². The number of rotatable bonds is 2. The third kappa shape index (κ3) is 5.02. The summed E-state index contributed by atoms with van der Waals surface area (Å²) in [5, 5.41) is 0. The predicted octanol–water partition coefficient (Wildman–Crippen LogP) is 4.20. The van der Waals surface area contributed by atoms with E-state index < -0.39 is 0 Å². The lowest BCUT2D eigenvalue weighted by Crippen LogP contribution is -1.75. The van der Waals surface area contributed by atoms with Crippen LogP contribution >= 0.6 is 15.9 Å². The Hall–Kier alpha value is -0.300. The Kier molecular flexibility index (Phi) is 5.22. The van der Waals surface area contributed by atoms with Crippen molar-refractivity contribution < 1.29 is 0 Å². The fourth-order valence-corrected chi connectivity index (χ4v) is 1.05. The first-order valence-corrected chi connectivity index (χ1v) is 4.58. The highest BCUT2D eigenvalue weighted by Crippen LogP contribution is 2.08. The van der Waals surface area contributed by atoms with Crippen LogP contribution in [0.3, 0.4) is 0 Å². The molecule has 62 valence electrons. The minimum absolute atomic E-state index is 1.26. The summed E-state index contributed by atoms with van der Waals surface area (Å²) in [6.45, 7) is 8.46. The molecule has 0 aliphatic heterocycles. The van der Waals surface area contributed by atoms with E-state index in [1.54, 1.807) is 0 Å². The molecule has 0 nitrogen and oxygen atoms in total. The van der Waals surface area contributed by atoms with Crippen molar-refractivity contribution in [3.05, 3.63) is 33.9 Å².